The summed E-state index contributed by atoms with van der Waals surface area (Å²) in [6, 6.07) is 15.7. The zero-order chi connectivity index (χ0) is 25.5. The standard InChI is InChI=1S/C26H23F6NO/c1-16-9-5-6-10-20(16)21-11-7-8-12-22(21)33(4)23(34)24(2,3)17-13-18(25(27,28)29)15-19(14-17)26(30,31)32/h5-15H,1-4H3. The molecule has 0 unspecified atom stereocenters. The van der Waals surface area contributed by atoms with Gasteiger partial charge in [0.05, 0.1) is 22.2 Å². The molecular weight excluding hydrogens is 456 g/mol. The first-order chi connectivity index (χ1) is 15.6. The van der Waals surface area contributed by atoms with Crippen molar-refractivity contribution in [2.45, 2.75) is 38.5 Å². The lowest BCUT2D eigenvalue weighted by Gasteiger charge is -2.32. The number of likely N-dealkylation sites (N-methyl/N-ethyl adjacent to an activating group) is 1. The van der Waals surface area contributed by atoms with Crippen LogP contribution >= 0.6 is 0 Å². The largest absolute Gasteiger partial charge is 0.416 e. The van der Waals surface area contributed by atoms with Crippen LogP contribution in [0.4, 0.5) is 32.0 Å². The molecule has 0 bridgehead atoms. The van der Waals surface area contributed by atoms with E-state index < -0.39 is 34.8 Å². The summed E-state index contributed by atoms with van der Waals surface area (Å²) in [5.74, 6) is -0.652. The Hall–Kier alpha value is -3.29. The number of aryl methyl sites for hydroxylation is 1. The van der Waals surface area contributed by atoms with Gasteiger partial charge in [-0.05, 0) is 61.7 Å². The maximum Gasteiger partial charge on any atom is 0.416 e. The van der Waals surface area contributed by atoms with Crippen molar-refractivity contribution in [2.24, 2.45) is 0 Å². The highest BCUT2D eigenvalue weighted by Gasteiger charge is 2.41. The Balaban J connectivity index is 2.10. The van der Waals surface area contributed by atoms with Crippen LogP contribution < -0.4 is 4.90 Å². The van der Waals surface area contributed by atoms with Crippen LogP contribution in [0, 0.1) is 6.92 Å². The van der Waals surface area contributed by atoms with E-state index in [4.69, 9.17) is 0 Å². The molecule has 0 atom stereocenters. The van der Waals surface area contributed by atoms with E-state index in [2.05, 4.69) is 0 Å². The average molecular weight is 479 g/mol. The van der Waals surface area contributed by atoms with Gasteiger partial charge in [0.15, 0.2) is 0 Å². The molecule has 2 nitrogen and oxygen atoms in total. The van der Waals surface area contributed by atoms with E-state index in [1.807, 2.05) is 31.2 Å². The highest BCUT2D eigenvalue weighted by molar-refractivity contribution is 6.03. The second-order valence-electron chi connectivity index (χ2n) is 8.62. The third-order valence-electron chi connectivity index (χ3n) is 5.85. The van der Waals surface area contributed by atoms with E-state index in [0.717, 1.165) is 11.1 Å². The second kappa shape index (κ2) is 8.81. The Morgan fingerprint density at radius 1 is 0.706 bits per heavy atom. The van der Waals surface area contributed by atoms with Crippen LogP contribution in [0.5, 0.6) is 0 Å². The van der Waals surface area contributed by atoms with Gasteiger partial charge >= 0.3 is 12.4 Å². The summed E-state index contributed by atoms with van der Waals surface area (Å²) in [7, 11) is 1.46. The van der Waals surface area contributed by atoms with Crippen LogP contribution in [0.3, 0.4) is 0 Å². The number of anilines is 1. The van der Waals surface area contributed by atoms with Gasteiger partial charge in [-0.1, -0.05) is 42.5 Å². The van der Waals surface area contributed by atoms with Crippen molar-refractivity contribution < 1.29 is 31.1 Å². The zero-order valence-corrected chi connectivity index (χ0v) is 19.0. The number of carbonyl (C=O) groups excluding carboxylic acids is 1. The monoisotopic (exact) mass is 479 g/mol. The topological polar surface area (TPSA) is 20.3 Å². The minimum absolute atomic E-state index is 0.0568. The van der Waals surface area contributed by atoms with E-state index in [1.54, 1.807) is 24.3 Å². The Bertz CT molecular complexity index is 1180. The van der Waals surface area contributed by atoms with Crippen molar-refractivity contribution in [3.05, 3.63) is 89.0 Å². The molecule has 0 saturated carbocycles. The number of carbonyl (C=O) groups is 1. The maximum absolute atomic E-state index is 13.5. The van der Waals surface area contributed by atoms with Crippen LogP contribution in [0.25, 0.3) is 11.1 Å². The van der Waals surface area contributed by atoms with E-state index in [-0.39, 0.29) is 11.6 Å². The van der Waals surface area contributed by atoms with Gasteiger partial charge in [-0.2, -0.15) is 26.3 Å². The SMILES string of the molecule is Cc1ccccc1-c1ccccc1N(C)C(=O)C(C)(C)c1cc(C(F)(F)F)cc(C(F)(F)F)c1. The first-order valence-corrected chi connectivity index (χ1v) is 10.4. The van der Waals surface area contributed by atoms with Crippen molar-refractivity contribution in [3.63, 3.8) is 0 Å². The fraction of sp³-hybridized carbons (Fsp3) is 0.269. The number of rotatable bonds is 4. The van der Waals surface area contributed by atoms with Crippen LogP contribution in [-0.4, -0.2) is 13.0 Å². The Morgan fingerprint density at radius 2 is 1.15 bits per heavy atom. The van der Waals surface area contributed by atoms with Gasteiger partial charge in [0, 0.05) is 12.6 Å². The summed E-state index contributed by atoms with van der Waals surface area (Å²) in [4.78, 5) is 14.8. The summed E-state index contributed by atoms with van der Waals surface area (Å²) >= 11 is 0. The van der Waals surface area contributed by atoms with Crippen molar-refractivity contribution in [3.8, 4) is 11.1 Å². The molecule has 0 aliphatic carbocycles. The predicted octanol–water partition coefficient (Wildman–Crippen LogP) is 7.64. The fourth-order valence-electron chi connectivity index (χ4n) is 3.84. The van der Waals surface area contributed by atoms with E-state index in [1.165, 1.54) is 25.8 Å². The third-order valence-corrected chi connectivity index (χ3v) is 5.85. The Kier molecular flexibility index (Phi) is 6.57. The van der Waals surface area contributed by atoms with Crippen LogP contribution in [0.15, 0.2) is 66.7 Å². The molecule has 180 valence electrons. The van der Waals surface area contributed by atoms with E-state index >= 15 is 0 Å². The van der Waals surface area contributed by atoms with Gasteiger partial charge in [0.25, 0.3) is 0 Å². The fourth-order valence-corrected chi connectivity index (χ4v) is 3.84. The number of alkyl halides is 6. The van der Waals surface area contributed by atoms with Crippen molar-refractivity contribution >= 4 is 11.6 Å². The molecule has 34 heavy (non-hydrogen) atoms. The molecule has 0 N–H and O–H groups in total. The summed E-state index contributed by atoms with van der Waals surface area (Å²) in [5.41, 5.74) is -1.97. The van der Waals surface area contributed by atoms with Gasteiger partial charge < -0.3 is 4.90 Å². The van der Waals surface area contributed by atoms with Gasteiger partial charge in [0.1, 0.15) is 0 Å². The van der Waals surface area contributed by atoms with Crippen LogP contribution in [-0.2, 0) is 22.6 Å². The van der Waals surface area contributed by atoms with Gasteiger partial charge in [0.2, 0.25) is 5.91 Å². The minimum Gasteiger partial charge on any atom is -0.314 e. The molecule has 0 aliphatic rings. The van der Waals surface area contributed by atoms with Crippen molar-refractivity contribution in [2.75, 3.05) is 11.9 Å². The lowest BCUT2D eigenvalue weighted by Crippen LogP contribution is -2.42. The van der Waals surface area contributed by atoms with Crippen molar-refractivity contribution in [1.29, 1.82) is 0 Å². The lowest BCUT2D eigenvalue weighted by molar-refractivity contribution is -0.143. The quantitative estimate of drug-likeness (QED) is 0.352. The number of benzene rings is 3. The lowest BCUT2D eigenvalue weighted by atomic mass is 9.81. The summed E-state index contributed by atoms with van der Waals surface area (Å²) in [6.45, 7) is 4.54. The number of halogens is 6. The molecule has 0 spiro atoms. The van der Waals surface area contributed by atoms with Crippen molar-refractivity contribution in [1.82, 2.24) is 0 Å². The summed E-state index contributed by atoms with van der Waals surface area (Å²) in [6.07, 6.45) is -10.0. The molecule has 3 rings (SSSR count). The molecule has 0 fully saturated rings. The normalized spacial score (nSPS) is 12.5. The number of para-hydroxylation sites is 1. The average Bonchev–Trinajstić information content (AvgIpc) is 2.77. The molecule has 3 aromatic rings. The molecule has 8 heteroatoms. The first kappa shape index (κ1) is 25.3. The van der Waals surface area contributed by atoms with Crippen LogP contribution in [0.2, 0.25) is 0 Å². The molecule has 0 heterocycles. The molecule has 0 saturated heterocycles. The first-order valence-electron chi connectivity index (χ1n) is 10.4. The maximum atomic E-state index is 13.5. The number of hydrogen-bond donors (Lipinski definition) is 0. The van der Waals surface area contributed by atoms with Gasteiger partial charge in [-0.15, -0.1) is 0 Å². The molecule has 0 radical (unpaired) electrons. The number of hydrogen-bond acceptors (Lipinski definition) is 1. The predicted molar refractivity (Wildman–Crippen MR) is 119 cm³/mol. The third kappa shape index (κ3) is 4.95. The molecular formula is C26H23F6NO. The molecule has 1 amide bonds. The van der Waals surface area contributed by atoms with Crippen LogP contribution in [0.1, 0.15) is 36.1 Å². The van der Waals surface area contributed by atoms with Gasteiger partial charge in [-0.25, -0.2) is 0 Å². The zero-order valence-electron chi connectivity index (χ0n) is 19.0. The molecule has 3 aromatic carbocycles. The van der Waals surface area contributed by atoms with Gasteiger partial charge in [-0.3, -0.25) is 4.79 Å². The summed E-state index contributed by atoms with van der Waals surface area (Å²) in [5, 5.41) is 0. The highest BCUT2D eigenvalue weighted by Crippen LogP contribution is 2.40. The summed E-state index contributed by atoms with van der Waals surface area (Å²) < 4.78 is 80.2. The second-order valence-corrected chi connectivity index (χ2v) is 8.62. The molecule has 0 aliphatic heterocycles. The van der Waals surface area contributed by atoms with E-state index in [9.17, 15) is 31.1 Å². The Morgan fingerprint density at radius 3 is 1.65 bits per heavy atom. The minimum atomic E-state index is -5.00. The van der Waals surface area contributed by atoms with E-state index in [0.29, 0.717) is 23.4 Å². The number of nitrogens with zero attached hydrogens (tertiary/aromatic N) is 1. The Labute approximate surface area is 193 Å². The number of amides is 1. The highest BCUT2D eigenvalue weighted by atomic mass is 19.4. The molecule has 0 aromatic heterocycles. The smallest absolute Gasteiger partial charge is 0.314 e.